The molecule has 0 unspecified atom stereocenters. The standard InChI is InChI=1S/C17H22F3N3.HI/c1-3-4-5-11-22-16(21-2)23-12-7-9-14-8-6-10-15(13-14)17(18,19)20;/h6,8,10,13H,3-5,11-12H2,1-2H3,(H2,21,22,23);1H. The van der Waals surface area contributed by atoms with E-state index in [1.165, 1.54) is 6.07 Å². The first-order chi connectivity index (χ1) is 11.0. The lowest BCUT2D eigenvalue weighted by Crippen LogP contribution is -2.37. The highest BCUT2D eigenvalue weighted by molar-refractivity contribution is 14.0. The quantitative estimate of drug-likeness (QED) is 0.232. The van der Waals surface area contributed by atoms with Gasteiger partial charge in [-0.05, 0) is 24.6 Å². The zero-order valence-electron chi connectivity index (χ0n) is 13.8. The van der Waals surface area contributed by atoms with Gasteiger partial charge in [0.05, 0.1) is 12.1 Å². The summed E-state index contributed by atoms with van der Waals surface area (Å²) in [6.45, 7) is 3.27. The van der Waals surface area contributed by atoms with E-state index in [0.29, 0.717) is 18.1 Å². The number of nitrogens with zero attached hydrogens (tertiary/aromatic N) is 1. The molecule has 0 bridgehead atoms. The molecule has 3 nitrogen and oxygen atoms in total. The van der Waals surface area contributed by atoms with Gasteiger partial charge in [0.25, 0.3) is 0 Å². The van der Waals surface area contributed by atoms with Gasteiger partial charge in [-0.3, -0.25) is 4.99 Å². The molecule has 0 saturated carbocycles. The van der Waals surface area contributed by atoms with Crippen molar-refractivity contribution in [2.45, 2.75) is 32.4 Å². The Hall–Kier alpha value is -1.43. The zero-order chi connectivity index (χ0) is 17.1. The highest BCUT2D eigenvalue weighted by Gasteiger charge is 2.30. The van der Waals surface area contributed by atoms with Gasteiger partial charge in [-0.15, -0.1) is 24.0 Å². The van der Waals surface area contributed by atoms with Gasteiger partial charge in [0.1, 0.15) is 0 Å². The number of rotatable bonds is 5. The lowest BCUT2D eigenvalue weighted by molar-refractivity contribution is -0.137. The molecule has 0 fully saturated rings. The van der Waals surface area contributed by atoms with Gasteiger partial charge >= 0.3 is 6.18 Å². The molecule has 0 aliphatic heterocycles. The number of nitrogens with one attached hydrogen (secondary N) is 2. The Morgan fingerprint density at radius 2 is 1.96 bits per heavy atom. The van der Waals surface area contributed by atoms with Gasteiger partial charge in [0.15, 0.2) is 5.96 Å². The average Bonchev–Trinajstić information content (AvgIpc) is 2.53. The van der Waals surface area contributed by atoms with Crippen molar-refractivity contribution in [1.82, 2.24) is 10.6 Å². The first-order valence-electron chi connectivity index (χ1n) is 7.58. The SMILES string of the molecule is CCCCCNC(=NC)NCC#Cc1cccc(C(F)(F)F)c1.I. The number of hydrogen-bond acceptors (Lipinski definition) is 1. The molecule has 0 spiro atoms. The maximum Gasteiger partial charge on any atom is 0.416 e. The Kier molecular flexibility index (Phi) is 11.3. The van der Waals surface area contributed by atoms with Gasteiger partial charge in [-0.2, -0.15) is 13.2 Å². The fourth-order valence-electron chi connectivity index (χ4n) is 1.85. The predicted molar refractivity (Wildman–Crippen MR) is 103 cm³/mol. The van der Waals surface area contributed by atoms with E-state index in [0.717, 1.165) is 37.9 Å². The maximum atomic E-state index is 12.6. The number of guanidine groups is 1. The fraction of sp³-hybridized carbons (Fsp3) is 0.471. The van der Waals surface area contributed by atoms with Gasteiger partial charge < -0.3 is 10.6 Å². The van der Waals surface area contributed by atoms with E-state index in [2.05, 4.69) is 34.4 Å². The molecule has 7 heteroatoms. The van der Waals surface area contributed by atoms with Crippen LogP contribution in [0.5, 0.6) is 0 Å². The number of unbranched alkanes of at least 4 members (excludes halogenated alkanes) is 2. The molecule has 0 aliphatic carbocycles. The van der Waals surface area contributed by atoms with E-state index in [1.54, 1.807) is 13.1 Å². The summed E-state index contributed by atoms with van der Waals surface area (Å²) in [4.78, 5) is 4.05. The molecule has 1 rings (SSSR count). The summed E-state index contributed by atoms with van der Waals surface area (Å²) < 4.78 is 37.8. The van der Waals surface area contributed by atoms with Crippen molar-refractivity contribution in [2.75, 3.05) is 20.1 Å². The first-order valence-corrected chi connectivity index (χ1v) is 7.58. The molecular weight excluding hydrogens is 430 g/mol. The van der Waals surface area contributed by atoms with Crippen LogP contribution < -0.4 is 10.6 Å². The first kappa shape index (κ1) is 22.6. The lowest BCUT2D eigenvalue weighted by atomic mass is 10.1. The summed E-state index contributed by atoms with van der Waals surface area (Å²) in [5.74, 6) is 6.15. The van der Waals surface area contributed by atoms with E-state index in [-0.39, 0.29) is 24.0 Å². The number of aliphatic imine (C=N–C) groups is 1. The van der Waals surface area contributed by atoms with Crippen molar-refractivity contribution >= 4 is 29.9 Å². The summed E-state index contributed by atoms with van der Waals surface area (Å²) in [5.41, 5.74) is -0.349. The van der Waals surface area contributed by atoms with Gasteiger partial charge in [-0.25, -0.2) is 0 Å². The molecule has 0 heterocycles. The largest absolute Gasteiger partial charge is 0.416 e. The lowest BCUT2D eigenvalue weighted by Gasteiger charge is -2.09. The topological polar surface area (TPSA) is 36.4 Å². The normalized spacial score (nSPS) is 11.1. The fourth-order valence-corrected chi connectivity index (χ4v) is 1.85. The minimum atomic E-state index is -4.35. The minimum absolute atomic E-state index is 0. The Balaban J connectivity index is 0.00000529. The molecule has 1 aromatic rings. The van der Waals surface area contributed by atoms with Crippen LogP contribution >= 0.6 is 24.0 Å². The minimum Gasteiger partial charge on any atom is -0.356 e. The number of alkyl halides is 3. The number of benzene rings is 1. The molecule has 0 radical (unpaired) electrons. The molecular formula is C17H23F3IN3. The van der Waals surface area contributed by atoms with Crippen molar-refractivity contribution in [1.29, 1.82) is 0 Å². The van der Waals surface area contributed by atoms with E-state index >= 15 is 0 Å². The molecule has 2 N–H and O–H groups in total. The third-order valence-electron chi connectivity index (χ3n) is 3.06. The van der Waals surface area contributed by atoms with Crippen molar-refractivity contribution in [2.24, 2.45) is 4.99 Å². The maximum absolute atomic E-state index is 12.6. The van der Waals surface area contributed by atoms with E-state index < -0.39 is 11.7 Å². The van der Waals surface area contributed by atoms with Gasteiger partial charge in [0.2, 0.25) is 0 Å². The molecule has 134 valence electrons. The van der Waals surface area contributed by atoms with E-state index in [1.807, 2.05) is 0 Å². The predicted octanol–water partition coefficient (Wildman–Crippen LogP) is 4.03. The molecule has 0 aromatic heterocycles. The second kappa shape index (κ2) is 12.0. The van der Waals surface area contributed by atoms with Crippen LogP contribution in [-0.2, 0) is 6.18 Å². The van der Waals surface area contributed by atoms with Gasteiger partial charge in [0, 0.05) is 19.2 Å². The Labute approximate surface area is 158 Å². The third-order valence-corrected chi connectivity index (χ3v) is 3.06. The third kappa shape index (κ3) is 9.01. The van der Waals surface area contributed by atoms with Crippen LogP contribution in [0.1, 0.15) is 37.3 Å². The van der Waals surface area contributed by atoms with Gasteiger partial charge in [-0.1, -0.05) is 37.7 Å². The van der Waals surface area contributed by atoms with Crippen LogP contribution in [0.15, 0.2) is 29.3 Å². The summed E-state index contributed by atoms with van der Waals surface area (Å²) >= 11 is 0. The van der Waals surface area contributed by atoms with Crippen LogP contribution in [0.25, 0.3) is 0 Å². The van der Waals surface area contributed by atoms with Crippen LogP contribution in [0.3, 0.4) is 0 Å². The second-order valence-corrected chi connectivity index (χ2v) is 4.94. The smallest absolute Gasteiger partial charge is 0.356 e. The molecule has 0 saturated heterocycles. The van der Waals surface area contributed by atoms with Crippen LogP contribution in [0.4, 0.5) is 13.2 Å². The molecule has 1 aromatic carbocycles. The van der Waals surface area contributed by atoms with Crippen molar-refractivity contribution in [3.05, 3.63) is 35.4 Å². The van der Waals surface area contributed by atoms with E-state index in [9.17, 15) is 13.2 Å². The van der Waals surface area contributed by atoms with Crippen molar-refractivity contribution in [3.63, 3.8) is 0 Å². The summed E-state index contributed by atoms with van der Waals surface area (Å²) in [6.07, 6.45) is -0.983. The molecule has 0 amide bonds. The molecule has 0 atom stereocenters. The monoisotopic (exact) mass is 453 g/mol. The summed E-state index contributed by atoms with van der Waals surface area (Å²) in [7, 11) is 1.66. The number of halogens is 4. The van der Waals surface area contributed by atoms with Crippen LogP contribution in [0, 0.1) is 11.8 Å². The van der Waals surface area contributed by atoms with Crippen LogP contribution in [0.2, 0.25) is 0 Å². The Morgan fingerprint density at radius 3 is 2.58 bits per heavy atom. The Morgan fingerprint density at radius 1 is 1.21 bits per heavy atom. The average molecular weight is 453 g/mol. The zero-order valence-corrected chi connectivity index (χ0v) is 16.2. The Bertz CT molecular complexity index is 574. The highest BCUT2D eigenvalue weighted by Crippen LogP contribution is 2.29. The summed E-state index contributed by atoms with van der Waals surface area (Å²) in [6, 6.07) is 4.99. The highest BCUT2D eigenvalue weighted by atomic mass is 127. The molecule has 24 heavy (non-hydrogen) atoms. The van der Waals surface area contributed by atoms with Crippen molar-refractivity contribution < 1.29 is 13.2 Å². The second-order valence-electron chi connectivity index (χ2n) is 4.94. The number of hydrogen-bond donors (Lipinski definition) is 2. The van der Waals surface area contributed by atoms with Crippen LogP contribution in [-0.4, -0.2) is 26.1 Å². The van der Waals surface area contributed by atoms with Crippen molar-refractivity contribution in [3.8, 4) is 11.8 Å². The van der Waals surface area contributed by atoms with E-state index in [4.69, 9.17) is 0 Å². The molecule has 0 aliphatic rings. The summed E-state index contributed by atoms with van der Waals surface area (Å²) in [5, 5.41) is 6.16.